The number of carbonyl (C=O) groups is 1. The zero-order valence-electron chi connectivity index (χ0n) is 12.9. The fraction of sp³-hybridized carbons (Fsp3) is 0.941. The Morgan fingerprint density at radius 2 is 1.52 bits per heavy atom. The van der Waals surface area contributed by atoms with Crippen molar-refractivity contribution in [1.82, 2.24) is 10.2 Å². The molecule has 2 heterocycles. The Labute approximate surface area is 134 Å². The van der Waals surface area contributed by atoms with Gasteiger partial charge in [-0.1, -0.05) is 25.7 Å². The van der Waals surface area contributed by atoms with Crippen molar-refractivity contribution < 1.29 is 4.79 Å². The maximum Gasteiger partial charge on any atom is 0.225 e. The van der Waals surface area contributed by atoms with Crippen LogP contribution < -0.4 is 5.32 Å². The number of halogens is 1. The molecule has 0 aromatic heterocycles. The first-order valence-corrected chi connectivity index (χ1v) is 8.81. The largest absolute Gasteiger partial charge is 0.342 e. The molecule has 0 aromatic rings. The van der Waals surface area contributed by atoms with Crippen molar-refractivity contribution in [2.45, 2.75) is 44.9 Å². The molecule has 2 saturated carbocycles. The molecule has 2 aliphatic carbocycles. The van der Waals surface area contributed by atoms with Crippen LogP contribution in [0.15, 0.2) is 0 Å². The highest BCUT2D eigenvalue weighted by Crippen LogP contribution is 2.43. The Morgan fingerprint density at radius 1 is 0.857 bits per heavy atom. The SMILES string of the molecule is Cl.O=C(C1CCC2CCCCC2C1)N1C[C@H]2CNC[C@H]2C1. The number of fused-ring (bicyclic) bond motifs is 2. The minimum absolute atomic E-state index is 0. The number of amides is 1. The number of carbonyl (C=O) groups excluding carboxylic acids is 1. The predicted octanol–water partition coefficient (Wildman–Crippen LogP) is 2.69. The maximum absolute atomic E-state index is 12.8. The molecule has 3 unspecified atom stereocenters. The fourth-order valence-corrected chi connectivity index (χ4v) is 5.39. The highest BCUT2D eigenvalue weighted by molar-refractivity contribution is 5.85. The lowest BCUT2D eigenvalue weighted by atomic mass is 9.67. The highest BCUT2D eigenvalue weighted by atomic mass is 35.5. The molecule has 4 rings (SSSR count). The lowest BCUT2D eigenvalue weighted by Gasteiger charge is -2.39. The molecule has 0 radical (unpaired) electrons. The summed E-state index contributed by atoms with van der Waals surface area (Å²) in [6.07, 6.45) is 9.36. The molecule has 4 fully saturated rings. The third-order valence-electron chi connectivity index (χ3n) is 6.59. The Balaban J connectivity index is 0.00000132. The van der Waals surface area contributed by atoms with Crippen LogP contribution in [0, 0.1) is 29.6 Å². The second-order valence-electron chi connectivity index (χ2n) is 7.74. The maximum atomic E-state index is 12.8. The van der Waals surface area contributed by atoms with Crippen LogP contribution >= 0.6 is 12.4 Å². The molecule has 4 aliphatic rings. The van der Waals surface area contributed by atoms with E-state index in [4.69, 9.17) is 0 Å². The second kappa shape index (κ2) is 6.45. The summed E-state index contributed by atoms with van der Waals surface area (Å²) in [5.41, 5.74) is 0. The summed E-state index contributed by atoms with van der Waals surface area (Å²) in [6.45, 7) is 4.32. The van der Waals surface area contributed by atoms with Gasteiger partial charge in [-0.05, 0) is 42.9 Å². The van der Waals surface area contributed by atoms with Crippen molar-refractivity contribution in [3.63, 3.8) is 0 Å². The van der Waals surface area contributed by atoms with Crippen molar-refractivity contribution in [2.24, 2.45) is 29.6 Å². The Morgan fingerprint density at radius 3 is 2.24 bits per heavy atom. The summed E-state index contributed by atoms with van der Waals surface area (Å²) in [5, 5.41) is 3.46. The molecule has 1 amide bonds. The van der Waals surface area contributed by atoms with Gasteiger partial charge in [-0.15, -0.1) is 12.4 Å². The monoisotopic (exact) mass is 312 g/mol. The van der Waals surface area contributed by atoms with E-state index in [1.807, 2.05) is 0 Å². The van der Waals surface area contributed by atoms with Gasteiger partial charge in [0.2, 0.25) is 5.91 Å². The summed E-state index contributed by atoms with van der Waals surface area (Å²) in [5.74, 6) is 4.17. The van der Waals surface area contributed by atoms with Gasteiger partial charge in [0.15, 0.2) is 0 Å². The van der Waals surface area contributed by atoms with Gasteiger partial charge < -0.3 is 10.2 Å². The van der Waals surface area contributed by atoms with Gasteiger partial charge in [-0.25, -0.2) is 0 Å². The van der Waals surface area contributed by atoms with Crippen molar-refractivity contribution in [2.75, 3.05) is 26.2 Å². The van der Waals surface area contributed by atoms with Crippen molar-refractivity contribution in [3.8, 4) is 0 Å². The van der Waals surface area contributed by atoms with Gasteiger partial charge >= 0.3 is 0 Å². The number of likely N-dealkylation sites (tertiary alicyclic amines) is 1. The molecule has 120 valence electrons. The number of nitrogens with one attached hydrogen (secondary N) is 1. The van der Waals surface area contributed by atoms with E-state index < -0.39 is 0 Å². The van der Waals surface area contributed by atoms with Gasteiger partial charge in [0.25, 0.3) is 0 Å². The smallest absolute Gasteiger partial charge is 0.225 e. The molecule has 1 N–H and O–H groups in total. The fourth-order valence-electron chi connectivity index (χ4n) is 5.39. The molecule has 0 bridgehead atoms. The summed E-state index contributed by atoms with van der Waals surface area (Å²) in [7, 11) is 0. The first-order chi connectivity index (χ1) is 9.81. The van der Waals surface area contributed by atoms with E-state index in [9.17, 15) is 4.79 Å². The molecule has 21 heavy (non-hydrogen) atoms. The van der Waals surface area contributed by atoms with Crippen molar-refractivity contribution >= 4 is 18.3 Å². The average molecular weight is 313 g/mol. The van der Waals surface area contributed by atoms with E-state index in [1.54, 1.807) is 0 Å². The van der Waals surface area contributed by atoms with Gasteiger partial charge in [0, 0.05) is 32.1 Å². The minimum Gasteiger partial charge on any atom is -0.342 e. The number of nitrogens with zero attached hydrogens (tertiary/aromatic N) is 1. The zero-order chi connectivity index (χ0) is 13.5. The molecule has 2 aliphatic heterocycles. The summed E-state index contributed by atoms with van der Waals surface area (Å²) in [4.78, 5) is 15.0. The van der Waals surface area contributed by atoms with E-state index in [0.29, 0.717) is 11.8 Å². The summed E-state index contributed by atoms with van der Waals surface area (Å²) < 4.78 is 0. The second-order valence-corrected chi connectivity index (χ2v) is 7.74. The van der Waals surface area contributed by atoms with E-state index in [0.717, 1.165) is 49.9 Å². The van der Waals surface area contributed by atoms with Crippen LogP contribution in [0.2, 0.25) is 0 Å². The first-order valence-electron chi connectivity index (χ1n) is 8.81. The Kier molecular flexibility index (Phi) is 4.80. The van der Waals surface area contributed by atoms with E-state index in [-0.39, 0.29) is 12.4 Å². The quantitative estimate of drug-likeness (QED) is 0.807. The van der Waals surface area contributed by atoms with Crippen LogP contribution in [0.5, 0.6) is 0 Å². The summed E-state index contributed by atoms with van der Waals surface area (Å²) >= 11 is 0. The van der Waals surface area contributed by atoms with Gasteiger partial charge in [-0.2, -0.15) is 0 Å². The molecular weight excluding hydrogens is 284 g/mol. The predicted molar refractivity (Wildman–Crippen MR) is 86.5 cm³/mol. The van der Waals surface area contributed by atoms with Crippen molar-refractivity contribution in [1.29, 1.82) is 0 Å². The standard InChI is InChI=1S/C17H28N2O.ClH/c20-17(19-10-15-8-18-9-16(15)11-19)14-6-5-12-3-1-2-4-13(12)7-14;/h12-16,18H,1-11H2;1H/t12?,13?,14?,15-,16+;. The summed E-state index contributed by atoms with van der Waals surface area (Å²) in [6, 6.07) is 0. The van der Waals surface area contributed by atoms with Gasteiger partial charge in [0.05, 0.1) is 0 Å². The van der Waals surface area contributed by atoms with Gasteiger partial charge in [-0.3, -0.25) is 4.79 Å². The first kappa shape index (κ1) is 15.6. The molecule has 3 nitrogen and oxygen atoms in total. The highest BCUT2D eigenvalue weighted by Gasteiger charge is 2.42. The van der Waals surface area contributed by atoms with Crippen LogP contribution in [0.4, 0.5) is 0 Å². The molecule has 5 atom stereocenters. The molecular formula is C17H29ClN2O. The Bertz CT molecular complexity index is 377. The third-order valence-corrected chi connectivity index (χ3v) is 6.59. The van der Waals surface area contributed by atoms with E-state index in [2.05, 4.69) is 10.2 Å². The Hall–Kier alpha value is -0.280. The number of hydrogen-bond donors (Lipinski definition) is 1. The lowest BCUT2D eigenvalue weighted by molar-refractivity contribution is -0.137. The van der Waals surface area contributed by atoms with E-state index in [1.165, 1.54) is 44.9 Å². The zero-order valence-corrected chi connectivity index (χ0v) is 13.7. The number of rotatable bonds is 1. The van der Waals surface area contributed by atoms with Crippen molar-refractivity contribution in [3.05, 3.63) is 0 Å². The van der Waals surface area contributed by atoms with E-state index >= 15 is 0 Å². The van der Waals surface area contributed by atoms with Crippen LogP contribution in [-0.4, -0.2) is 37.0 Å². The lowest BCUT2D eigenvalue weighted by Crippen LogP contribution is -2.40. The molecule has 0 spiro atoms. The molecule has 4 heteroatoms. The third kappa shape index (κ3) is 2.96. The topological polar surface area (TPSA) is 32.3 Å². The van der Waals surface area contributed by atoms with Crippen LogP contribution in [0.3, 0.4) is 0 Å². The van der Waals surface area contributed by atoms with Crippen LogP contribution in [0.1, 0.15) is 44.9 Å². The average Bonchev–Trinajstić information content (AvgIpc) is 3.07. The van der Waals surface area contributed by atoms with Crippen LogP contribution in [0.25, 0.3) is 0 Å². The van der Waals surface area contributed by atoms with Gasteiger partial charge in [0.1, 0.15) is 0 Å². The molecule has 2 saturated heterocycles. The normalized spacial score (nSPS) is 42.1. The minimum atomic E-state index is 0. The number of hydrogen-bond acceptors (Lipinski definition) is 2. The van der Waals surface area contributed by atoms with Crippen LogP contribution in [-0.2, 0) is 4.79 Å². The molecule has 0 aromatic carbocycles.